The number of anilines is 1. The van der Waals surface area contributed by atoms with Crippen LogP contribution in [0.4, 0.5) is 10.5 Å². The molecule has 0 unspecified atom stereocenters. The lowest BCUT2D eigenvalue weighted by atomic mass is 10.2. The van der Waals surface area contributed by atoms with Gasteiger partial charge in [-0.05, 0) is 25.1 Å². The number of carbonyl (C=O) groups is 1. The van der Waals surface area contributed by atoms with Crippen LogP contribution >= 0.6 is 0 Å². The molecule has 0 atom stereocenters. The van der Waals surface area contributed by atoms with E-state index in [9.17, 15) is 4.79 Å². The highest BCUT2D eigenvalue weighted by atomic mass is 16.2. The van der Waals surface area contributed by atoms with Gasteiger partial charge < -0.3 is 5.32 Å². The third-order valence-electron chi connectivity index (χ3n) is 2.02. The van der Waals surface area contributed by atoms with Gasteiger partial charge in [0.15, 0.2) is 0 Å². The van der Waals surface area contributed by atoms with Crippen LogP contribution in [0.3, 0.4) is 0 Å². The fourth-order valence-electron chi connectivity index (χ4n) is 1.21. The average molecular weight is 201 g/mol. The minimum Gasteiger partial charge on any atom is -0.306 e. The molecule has 1 aromatic carbocycles. The number of nitrogens with one attached hydrogen (secondary N) is 1. The van der Waals surface area contributed by atoms with Crippen LogP contribution in [0.5, 0.6) is 0 Å². The number of hydrogen-bond donors (Lipinski definition) is 1. The van der Waals surface area contributed by atoms with Crippen LogP contribution in [0, 0.1) is 6.92 Å². The van der Waals surface area contributed by atoms with E-state index in [2.05, 4.69) is 10.4 Å². The molecule has 2 rings (SSSR count). The molecule has 0 fully saturated rings. The summed E-state index contributed by atoms with van der Waals surface area (Å²) >= 11 is 0. The number of aromatic nitrogens is 2. The smallest absolute Gasteiger partial charge is 0.306 e. The maximum atomic E-state index is 11.5. The summed E-state index contributed by atoms with van der Waals surface area (Å²) in [5, 5.41) is 6.57. The molecule has 4 nitrogen and oxygen atoms in total. The van der Waals surface area contributed by atoms with Crippen molar-refractivity contribution in [1.29, 1.82) is 0 Å². The molecule has 15 heavy (non-hydrogen) atoms. The molecule has 4 heteroatoms. The van der Waals surface area contributed by atoms with Gasteiger partial charge in [0.05, 0.1) is 0 Å². The average Bonchev–Trinajstić information content (AvgIpc) is 2.74. The molecule has 0 aliphatic carbocycles. The van der Waals surface area contributed by atoms with E-state index < -0.39 is 0 Å². The second kappa shape index (κ2) is 3.96. The second-order valence-electron chi connectivity index (χ2n) is 3.25. The lowest BCUT2D eigenvalue weighted by Crippen LogP contribution is -2.19. The first-order valence-electron chi connectivity index (χ1n) is 4.63. The highest BCUT2D eigenvalue weighted by Crippen LogP contribution is 2.08. The van der Waals surface area contributed by atoms with E-state index >= 15 is 0 Å². The summed E-state index contributed by atoms with van der Waals surface area (Å²) < 4.78 is 1.25. The lowest BCUT2D eigenvalue weighted by Gasteiger charge is -2.04. The Morgan fingerprint density at radius 3 is 2.67 bits per heavy atom. The molecule has 0 saturated carbocycles. The van der Waals surface area contributed by atoms with Gasteiger partial charge in [0.1, 0.15) is 0 Å². The SMILES string of the molecule is Cc1ccc(NC(=O)n2cccn2)cc1. The molecule has 1 N–H and O–H groups in total. The van der Waals surface area contributed by atoms with Gasteiger partial charge in [-0.1, -0.05) is 17.7 Å². The van der Waals surface area contributed by atoms with E-state index in [-0.39, 0.29) is 6.03 Å². The summed E-state index contributed by atoms with van der Waals surface area (Å²) in [7, 11) is 0. The summed E-state index contributed by atoms with van der Waals surface area (Å²) in [4.78, 5) is 11.5. The van der Waals surface area contributed by atoms with E-state index in [4.69, 9.17) is 0 Å². The molecule has 1 heterocycles. The third kappa shape index (κ3) is 2.22. The molecule has 76 valence electrons. The van der Waals surface area contributed by atoms with Crippen LogP contribution in [-0.2, 0) is 0 Å². The molecular formula is C11H11N3O. The van der Waals surface area contributed by atoms with Crippen molar-refractivity contribution in [3.63, 3.8) is 0 Å². The Labute approximate surface area is 87.5 Å². The van der Waals surface area contributed by atoms with Crippen LogP contribution in [0.2, 0.25) is 0 Å². The Hall–Kier alpha value is -2.10. The first-order chi connectivity index (χ1) is 7.25. The molecule has 0 saturated heterocycles. The normalized spacial score (nSPS) is 9.93. The minimum atomic E-state index is -0.260. The van der Waals surface area contributed by atoms with Gasteiger partial charge in [0.25, 0.3) is 0 Å². The standard InChI is InChI=1S/C11H11N3O/c1-9-3-5-10(6-4-9)13-11(15)14-8-2-7-12-14/h2-8H,1H3,(H,13,15). The summed E-state index contributed by atoms with van der Waals surface area (Å²) in [5.41, 5.74) is 1.92. The molecule has 0 spiro atoms. The highest BCUT2D eigenvalue weighted by Gasteiger charge is 2.03. The Morgan fingerprint density at radius 2 is 2.07 bits per heavy atom. The fourth-order valence-corrected chi connectivity index (χ4v) is 1.21. The van der Waals surface area contributed by atoms with Crippen LogP contribution < -0.4 is 5.32 Å². The number of carbonyl (C=O) groups excluding carboxylic acids is 1. The zero-order valence-electron chi connectivity index (χ0n) is 8.34. The predicted octanol–water partition coefficient (Wildman–Crippen LogP) is 2.27. The molecule has 0 aliphatic rings. The first-order valence-corrected chi connectivity index (χ1v) is 4.63. The van der Waals surface area contributed by atoms with Gasteiger partial charge in [-0.25, -0.2) is 4.79 Å². The number of aryl methyl sites for hydroxylation is 1. The first kappa shape index (κ1) is 9.45. The minimum absolute atomic E-state index is 0.260. The summed E-state index contributed by atoms with van der Waals surface area (Å²) in [5.74, 6) is 0. The maximum absolute atomic E-state index is 11.5. The molecule has 1 aromatic heterocycles. The zero-order valence-corrected chi connectivity index (χ0v) is 8.34. The van der Waals surface area contributed by atoms with Crippen LogP contribution in [0.15, 0.2) is 42.7 Å². The number of rotatable bonds is 1. The number of amides is 1. The lowest BCUT2D eigenvalue weighted by molar-refractivity contribution is 0.251. The Balaban J connectivity index is 2.09. The molecule has 0 aliphatic heterocycles. The van der Waals surface area contributed by atoms with E-state index in [0.29, 0.717) is 0 Å². The summed E-state index contributed by atoms with van der Waals surface area (Å²) in [6.45, 7) is 2.00. The Kier molecular flexibility index (Phi) is 2.49. The van der Waals surface area contributed by atoms with Gasteiger partial charge in [-0.3, -0.25) is 0 Å². The second-order valence-corrected chi connectivity index (χ2v) is 3.25. The van der Waals surface area contributed by atoms with Crippen molar-refractivity contribution in [3.05, 3.63) is 48.3 Å². The van der Waals surface area contributed by atoms with Crippen molar-refractivity contribution < 1.29 is 4.79 Å². The Morgan fingerprint density at radius 1 is 1.33 bits per heavy atom. The van der Waals surface area contributed by atoms with Crippen molar-refractivity contribution in [3.8, 4) is 0 Å². The third-order valence-corrected chi connectivity index (χ3v) is 2.02. The number of nitrogens with zero attached hydrogens (tertiary/aromatic N) is 2. The topological polar surface area (TPSA) is 46.9 Å². The zero-order chi connectivity index (χ0) is 10.7. The highest BCUT2D eigenvalue weighted by molar-refractivity contribution is 5.90. The van der Waals surface area contributed by atoms with Crippen LogP contribution in [0.25, 0.3) is 0 Å². The van der Waals surface area contributed by atoms with Crippen molar-refractivity contribution in [2.75, 3.05) is 5.32 Å². The molecule has 2 aromatic rings. The molecule has 0 radical (unpaired) electrons. The molecule has 1 amide bonds. The summed E-state index contributed by atoms with van der Waals surface area (Å²) in [6.07, 6.45) is 3.16. The van der Waals surface area contributed by atoms with Crippen LogP contribution in [-0.4, -0.2) is 15.8 Å². The van der Waals surface area contributed by atoms with E-state index in [1.165, 1.54) is 4.68 Å². The largest absolute Gasteiger partial charge is 0.346 e. The van der Waals surface area contributed by atoms with Crippen molar-refractivity contribution in [2.24, 2.45) is 0 Å². The van der Waals surface area contributed by atoms with Crippen molar-refractivity contribution >= 4 is 11.7 Å². The van der Waals surface area contributed by atoms with Crippen LogP contribution in [0.1, 0.15) is 5.56 Å². The molecule has 0 bridgehead atoms. The maximum Gasteiger partial charge on any atom is 0.346 e. The van der Waals surface area contributed by atoms with Gasteiger partial charge in [-0.15, -0.1) is 0 Å². The fraction of sp³-hybridized carbons (Fsp3) is 0.0909. The number of benzene rings is 1. The van der Waals surface area contributed by atoms with E-state index in [0.717, 1.165) is 11.3 Å². The van der Waals surface area contributed by atoms with E-state index in [1.54, 1.807) is 18.5 Å². The van der Waals surface area contributed by atoms with Gasteiger partial charge in [-0.2, -0.15) is 9.78 Å². The number of hydrogen-bond acceptors (Lipinski definition) is 2. The van der Waals surface area contributed by atoms with Gasteiger partial charge in [0, 0.05) is 18.1 Å². The monoisotopic (exact) mass is 201 g/mol. The van der Waals surface area contributed by atoms with E-state index in [1.807, 2.05) is 31.2 Å². The van der Waals surface area contributed by atoms with Gasteiger partial charge in [0.2, 0.25) is 0 Å². The van der Waals surface area contributed by atoms with Crippen molar-refractivity contribution in [1.82, 2.24) is 9.78 Å². The van der Waals surface area contributed by atoms with Crippen molar-refractivity contribution in [2.45, 2.75) is 6.92 Å². The Bertz CT molecular complexity index is 445. The summed E-state index contributed by atoms with van der Waals surface area (Å²) in [6, 6.07) is 9.04. The van der Waals surface area contributed by atoms with Gasteiger partial charge >= 0.3 is 6.03 Å². The predicted molar refractivity (Wildman–Crippen MR) is 57.8 cm³/mol. The molecular weight excluding hydrogens is 190 g/mol. The quantitative estimate of drug-likeness (QED) is 0.769.